The number of aldehydes is 8. The van der Waals surface area contributed by atoms with Gasteiger partial charge in [-0.05, 0) is 84.5 Å². The van der Waals surface area contributed by atoms with E-state index in [1.54, 1.807) is 0 Å². The highest BCUT2D eigenvalue weighted by molar-refractivity contribution is 5.78. The van der Waals surface area contributed by atoms with Crippen LogP contribution in [0.3, 0.4) is 0 Å². The maximum atomic E-state index is 12.9. The van der Waals surface area contributed by atoms with E-state index >= 15 is 0 Å². The molecule has 93 heavy (non-hydrogen) atoms. The molecule has 8 N–H and O–H groups in total. The normalized spacial score (nSPS) is 11.3. The maximum absolute atomic E-state index is 12.9. The second-order valence-electron chi connectivity index (χ2n) is 19.2. The van der Waals surface area contributed by atoms with Crippen LogP contribution in [0, 0.1) is 29.1 Å². The Morgan fingerprint density at radius 2 is 0.473 bits per heavy atom. The molecule has 0 aromatic rings. The second-order valence-corrected chi connectivity index (χ2v) is 19.2. The molecule has 0 saturated heterocycles. The lowest BCUT2D eigenvalue weighted by Gasteiger charge is -2.34. The first-order valence-corrected chi connectivity index (χ1v) is 29.5. The Labute approximate surface area is 544 Å². The number of amides is 4. The largest absolute Gasteiger partial charge is 0.481 e. The van der Waals surface area contributed by atoms with Gasteiger partial charge in [-0.2, -0.15) is 0 Å². The van der Waals surface area contributed by atoms with E-state index in [0.717, 1.165) is 50.3 Å². The van der Waals surface area contributed by atoms with Gasteiger partial charge in [0.2, 0.25) is 23.6 Å². The van der Waals surface area contributed by atoms with Crippen LogP contribution in [0.2, 0.25) is 0 Å². The molecule has 0 spiro atoms. The number of ether oxygens (including phenoxy) is 4. The molecule has 0 aliphatic heterocycles. The van der Waals surface area contributed by atoms with Crippen LogP contribution in [0.5, 0.6) is 0 Å². The van der Waals surface area contributed by atoms with E-state index in [-0.39, 0.29) is 154 Å². The van der Waals surface area contributed by atoms with E-state index in [9.17, 15) is 76.7 Å². The summed E-state index contributed by atoms with van der Waals surface area (Å²) >= 11 is 0. The van der Waals surface area contributed by atoms with Crippen molar-refractivity contribution in [2.24, 2.45) is 29.1 Å². The van der Waals surface area contributed by atoms with Crippen molar-refractivity contribution in [1.29, 1.82) is 0 Å². The highest BCUT2D eigenvalue weighted by Crippen LogP contribution is 2.40. The third-order valence-electron chi connectivity index (χ3n) is 11.5. The van der Waals surface area contributed by atoms with E-state index < -0.39 is 53.0 Å². The fourth-order valence-corrected chi connectivity index (χ4v) is 6.13. The standard InChI is InChI=1S/C37H64N4O16.4C5H8O2.4CH2O/c1-25(33(46)47)21-54-17-13-38-29(42)5-9-37(10-6-30(43)39-14-18-55-22-26(2)34(48)49,11-7-31(44)40-15-19-56-23-27(3)35(50)51)12-8-32(45)41-16-20-57-24-28(4)36(52)53;4*6-4-2-1-3-5-7;4*1-2/h25-28H,5-24H2,1-4H3,(H,38,42)(H,39,43)(H,40,44)(H,41,45)(H,46,47)(H,48,49)(H,50,51)(H,52,53);4*4-5H,1-3H2;4*1H2. The minimum atomic E-state index is -1.01. The van der Waals surface area contributed by atoms with E-state index in [1.165, 1.54) is 27.7 Å². The molecule has 32 heteroatoms. The summed E-state index contributed by atoms with van der Waals surface area (Å²) in [6.45, 7) is 14.6. The number of unbranched alkanes of at least 4 members (excludes halogenated alkanes) is 8. The summed E-state index contributed by atoms with van der Waals surface area (Å²) < 4.78 is 21.3. The molecule has 0 fully saturated rings. The summed E-state index contributed by atoms with van der Waals surface area (Å²) in [5.41, 5.74) is -0.870. The van der Waals surface area contributed by atoms with Gasteiger partial charge in [0.1, 0.15) is 77.4 Å². The fraction of sp³-hybridized carbons (Fsp3) is 0.672. The zero-order valence-electron chi connectivity index (χ0n) is 54.5. The molecular weight excluding hydrogens is 1240 g/mol. The minimum absolute atomic E-state index is 0.0306. The molecule has 0 bridgehead atoms. The van der Waals surface area contributed by atoms with Crippen LogP contribution in [-0.2, 0) is 115 Å². The lowest BCUT2D eigenvalue weighted by molar-refractivity contribution is -0.144. The molecule has 0 heterocycles. The summed E-state index contributed by atoms with van der Waals surface area (Å²) in [5.74, 6) is -8.37. The van der Waals surface area contributed by atoms with Crippen LogP contribution < -0.4 is 21.3 Å². The van der Waals surface area contributed by atoms with Crippen molar-refractivity contribution >= 4 is 125 Å². The molecule has 536 valence electrons. The Kier molecular flexibility index (Phi) is 95.4. The summed E-state index contributed by atoms with van der Waals surface area (Å²) in [7, 11) is 0. The Bertz CT molecular complexity index is 1650. The van der Waals surface area contributed by atoms with Gasteiger partial charge in [0.05, 0.1) is 76.5 Å². The lowest BCUT2D eigenvalue weighted by atomic mass is 9.71. The zero-order valence-corrected chi connectivity index (χ0v) is 54.5. The van der Waals surface area contributed by atoms with Crippen LogP contribution in [0.1, 0.15) is 156 Å². The number of nitrogens with one attached hydrogen (secondary N) is 4. The molecule has 0 saturated carbocycles. The smallest absolute Gasteiger partial charge is 0.308 e. The number of aliphatic carboxylic acids is 4. The third-order valence-corrected chi connectivity index (χ3v) is 11.5. The maximum Gasteiger partial charge on any atom is 0.308 e. The molecule has 0 rings (SSSR count). The van der Waals surface area contributed by atoms with E-state index in [1.807, 2.05) is 27.2 Å². The summed E-state index contributed by atoms with van der Waals surface area (Å²) in [4.78, 5) is 204. The Morgan fingerprint density at radius 3 is 0.602 bits per heavy atom. The molecule has 32 nitrogen and oxygen atoms in total. The molecule has 0 aromatic carbocycles. The molecule has 0 aliphatic rings. The van der Waals surface area contributed by atoms with Gasteiger partial charge in [0.15, 0.2) is 0 Å². The molecule has 4 atom stereocenters. The number of carboxylic acid groups (broad SMARTS) is 4. The lowest BCUT2D eigenvalue weighted by Crippen LogP contribution is -2.35. The number of hydrogen-bond acceptors (Lipinski definition) is 24. The first kappa shape index (κ1) is 103. The average molecular weight is 1340 g/mol. The highest BCUT2D eigenvalue weighted by atomic mass is 16.5. The van der Waals surface area contributed by atoms with Gasteiger partial charge in [-0.15, -0.1) is 0 Å². The van der Waals surface area contributed by atoms with Gasteiger partial charge >= 0.3 is 23.9 Å². The molecule has 4 unspecified atom stereocenters. The van der Waals surface area contributed by atoms with Crippen LogP contribution in [0.4, 0.5) is 0 Å². The molecule has 4 amide bonds. The van der Waals surface area contributed by atoms with Gasteiger partial charge in [-0.25, -0.2) is 0 Å². The number of carbonyl (C=O) groups is 20. The van der Waals surface area contributed by atoms with Gasteiger partial charge < -0.3 is 118 Å². The number of carbonyl (C=O) groups excluding carboxylic acids is 16. The predicted octanol–water partition coefficient (Wildman–Crippen LogP) is 1.99. The summed E-state index contributed by atoms with van der Waals surface area (Å²) in [6, 6.07) is 0. The minimum Gasteiger partial charge on any atom is -0.481 e. The van der Waals surface area contributed by atoms with Crippen molar-refractivity contribution < 1.29 is 135 Å². The van der Waals surface area contributed by atoms with Gasteiger partial charge in [0.25, 0.3) is 0 Å². The average Bonchev–Trinajstić information content (AvgIpc) is 0.947. The van der Waals surface area contributed by atoms with Crippen molar-refractivity contribution in [2.75, 3.05) is 79.0 Å². The van der Waals surface area contributed by atoms with Gasteiger partial charge in [0, 0.05) is 103 Å². The molecular formula is C61H104N4O28. The Morgan fingerprint density at radius 1 is 0.323 bits per heavy atom. The SMILES string of the molecule is C=O.C=O.C=O.C=O.CC(COCCNC(=O)CCC(CCC(=O)NCCOCC(C)C(=O)O)(CCC(=O)NCCOCC(C)C(=O)O)CCC(=O)NCCOCC(C)C(=O)O)C(=O)O.O=CCCCC=O.O=CCCCC=O.O=CCCCC=O.O=CCCCC=O. The number of hydrogen-bond donors (Lipinski definition) is 8. The van der Waals surface area contributed by atoms with E-state index in [2.05, 4.69) is 21.3 Å². The topological polar surface area (TPSA) is 507 Å². The summed E-state index contributed by atoms with van der Waals surface area (Å²) in [6.07, 6.45) is 14.1. The second kappa shape index (κ2) is 85.7. The van der Waals surface area contributed by atoms with Gasteiger partial charge in [-0.3, -0.25) is 38.4 Å². The highest BCUT2D eigenvalue weighted by Gasteiger charge is 2.33. The monoisotopic (exact) mass is 1340 g/mol. The Hall–Kier alpha value is -8.36. The van der Waals surface area contributed by atoms with Crippen LogP contribution in [0.25, 0.3) is 0 Å². The number of carboxylic acids is 4. The van der Waals surface area contributed by atoms with Crippen molar-refractivity contribution in [3.05, 3.63) is 0 Å². The predicted molar refractivity (Wildman–Crippen MR) is 334 cm³/mol. The number of rotatable bonds is 52. The first-order chi connectivity index (χ1) is 44.5. The molecule has 0 radical (unpaired) electrons. The van der Waals surface area contributed by atoms with Crippen LogP contribution in [-0.4, -0.2) is 224 Å². The van der Waals surface area contributed by atoms with Crippen LogP contribution >= 0.6 is 0 Å². The first-order valence-electron chi connectivity index (χ1n) is 29.5. The van der Waals surface area contributed by atoms with Crippen molar-refractivity contribution in [1.82, 2.24) is 21.3 Å². The fourth-order valence-electron chi connectivity index (χ4n) is 6.13. The van der Waals surface area contributed by atoms with E-state index in [4.69, 9.17) is 58.6 Å². The van der Waals surface area contributed by atoms with Gasteiger partial charge in [-0.1, -0.05) is 0 Å². The summed E-state index contributed by atoms with van der Waals surface area (Å²) in [5, 5.41) is 46.9. The molecule has 0 aliphatic carbocycles. The zero-order chi connectivity index (χ0) is 73.4. The quantitative estimate of drug-likeness (QED) is 0.0319. The van der Waals surface area contributed by atoms with Crippen molar-refractivity contribution in [3.8, 4) is 0 Å². The van der Waals surface area contributed by atoms with Crippen molar-refractivity contribution in [3.63, 3.8) is 0 Å². The Balaban J connectivity index is -0.000000225. The van der Waals surface area contributed by atoms with Crippen LogP contribution in [0.15, 0.2) is 0 Å². The third kappa shape index (κ3) is 87.9. The van der Waals surface area contributed by atoms with Crippen molar-refractivity contribution in [2.45, 2.75) is 156 Å². The molecule has 0 aromatic heterocycles. The van der Waals surface area contributed by atoms with E-state index in [0.29, 0.717) is 77.0 Å².